The van der Waals surface area contributed by atoms with Crippen LogP contribution in [0.2, 0.25) is 0 Å². The summed E-state index contributed by atoms with van der Waals surface area (Å²) in [5.41, 5.74) is -0.556. The SMILES string of the molecule is CC1CC(C(=O)Nc2c(F)cccc2C(=O)O)CO1. The smallest absolute Gasteiger partial charge is 0.337 e. The molecule has 2 N–H and O–H groups in total. The summed E-state index contributed by atoms with van der Waals surface area (Å²) in [4.78, 5) is 22.9. The third-order valence-corrected chi connectivity index (χ3v) is 3.06. The van der Waals surface area contributed by atoms with Gasteiger partial charge in [-0.15, -0.1) is 0 Å². The fraction of sp³-hybridized carbons (Fsp3) is 0.385. The molecule has 0 radical (unpaired) electrons. The first kappa shape index (κ1) is 13.5. The molecule has 1 fully saturated rings. The van der Waals surface area contributed by atoms with Gasteiger partial charge in [0.15, 0.2) is 0 Å². The summed E-state index contributed by atoms with van der Waals surface area (Å²) < 4.78 is 18.9. The molecule has 1 aromatic rings. The van der Waals surface area contributed by atoms with Gasteiger partial charge in [-0.3, -0.25) is 4.79 Å². The van der Waals surface area contributed by atoms with Crippen LogP contribution in [0.15, 0.2) is 18.2 Å². The van der Waals surface area contributed by atoms with E-state index in [4.69, 9.17) is 9.84 Å². The van der Waals surface area contributed by atoms with E-state index in [0.717, 1.165) is 6.07 Å². The van der Waals surface area contributed by atoms with E-state index in [0.29, 0.717) is 6.42 Å². The number of carboxylic acids is 1. The van der Waals surface area contributed by atoms with Crippen molar-refractivity contribution in [2.45, 2.75) is 19.4 Å². The van der Waals surface area contributed by atoms with Gasteiger partial charge in [0.2, 0.25) is 5.91 Å². The van der Waals surface area contributed by atoms with Crippen molar-refractivity contribution in [1.29, 1.82) is 0 Å². The van der Waals surface area contributed by atoms with E-state index < -0.39 is 17.7 Å². The zero-order chi connectivity index (χ0) is 14.0. The zero-order valence-electron chi connectivity index (χ0n) is 10.4. The Kier molecular flexibility index (Phi) is 3.80. The molecule has 1 saturated heterocycles. The molecule has 0 aromatic heterocycles. The third kappa shape index (κ3) is 2.90. The number of benzene rings is 1. The van der Waals surface area contributed by atoms with Gasteiger partial charge in [0.25, 0.3) is 0 Å². The minimum absolute atomic E-state index is 0.0182. The molecule has 5 nitrogen and oxygen atoms in total. The maximum atomic E-state index is 13.6. The summed E-state index contributed by atoms with van der Waals surface area (Å²) in [6.07, 6.45) is 0.526. The number of carbonyl (C=O) groups excluding carboxylic acids is 1. The minimum atomic E-state index is -1.29. The number of carboxylic acid groups (broad SMARTS) is 1. The average molecular weight is 267 g/mol. The number of anilines is 1. The lowest BCUT2D eigenvalue weighted by atomic mass is 10.0. The Balaban J connectivity index is 2.19. The first-order valence-electron chi connectivity index (χ1n) is 5.93. The van der Waals surface area contributed by atoms with Gasteiger partial charge in [0, 0.05) is 0 Å². The van der Waals surface area contributed by atoms with Crippen LogP contribution in [0, 0.1) is 11.7 Å². The van der Waals surface area contributed by atoms with Crippen molar-refractivity contribution >= 4 is 17.6 Å². The van der Waals surface area contributed by atoms with Crippen molar-refractivity contribution in [2.75, 3.05) is 11.9 Å². The van der Waals surface area contributed by atoms with Crippen LogP contribution in [0.3, 0.4) is 0 Å². The van der Waals surface area contributed by atoms with Gasteiger partial charge >= 0.3 is 5.97 Å². The molecule has 2 unspecified atom stereocenters. The van der Waals surface area contributed by atoms with E-state index >= 15 is 0 Å². The first-order chi connectivity index (χ1) is 8.99. The number of aromatic carboxylic acids is 1. The molecule has 0 spiro atoms. The molecule has 1 aromatic carbocycles. The van der Waals surface area contributed by atoms with Crippen LogP contribution in [0.5, 0.6) is 0 Å². The van der Waals surface area contributed by atoms with E-state index in [1.54, 1.807) is 0 Å². The second-order valence-corrected chi connectivity index (χ2v) is 4.53. The molecule has 2 atom stereocenters. The first-order valence-corrected chi connectivity index (χ1v) is 5.93. The second-order valence-electron chi connectivity index (χ2n) is 4.53. The van der Waals surface area contributed by atoms with Crippen molar-refractivity contribution in [3.8, 4) is 0 Å². The van der Waals surface area contributed by atoms with E-state index in [9.17, 15) is 14.0 Å². The Labute approximate surface area is 109 Å². The quantitative estimate of drug-likeness (QED) is 0.876. The molecule has 1 aliphatic heterocycles. The Hall–Kier alpha value is -1.95. The van der Waals surface area contributed by atoms with Crippen molar-refractivity contribution in [1.82, 2.24) is 0 Å². The molecular formula is C13H14FNO4. The predicted octanol–water partition coefficient (Wildman–Crippen LogP) is 1.89. The van der Waals surface area contributed by atoms with Crippen LogP contribution in [-0.4, -0.2) is 29.7 Å². The van der Waals surface area contributed by atoms with Crippen LogP contribution in [0.25, 0.3) is 0 Å². The number of halogens is 1. The molecule has 0 aliphatic carbocycles. The molecule has 2 rings (SSSR count). The van der Waals surface area contributed by atoms with Crippen LogP contribution in [0.1, 0.15) is 23.7 Å². The Morgan fingerprint density at radius 3 is 2.79 bits per heavy atom. The van der Waals surface area contributed by atoms with Crippen LogP contribution in [-0.2, 0) is 9.53 Å². The van der Waals surface area contributed by atoms with Gasteiger partial charge in [0.1, 0.15) is 5.82 Å². The van der Waals surface area contributed by atoms with Crippen molar-refractivity contribution in [2.24, 2.45) is 5.92 Å². The lowest BCUT2D eigenvalue weighted by Gasteiger charge is -2.12. The number of hydrogen-bond acceptors (Lipinski definition) is 3. The number of ether oxygens (including phenoxy) is 1. The number of amides is 1. The topological polar surface area (TPSA) is 75.6 Å². The highest BCUT2D eigenvalue weighted by Gasteiger charge is 2.29. The lowest BCUT2D eigenvalue weighted by Crippen LogP contribution is -2.24. The normalized spacial score (nSPS) is 22.2. The lowest BCUT2D eigenvalue weighted by molar-refractivity contribution is -0.119. The van der Waals surface area contributed by atoms with Gasteiger partial charge in [-0.2, -0.15) is 0 Å². The van der Waals surface area contributed by atoms with Crippen molar-refractivity contribution < 1.29 is 23.8 Å². The Morgan fingerprint density at radius 1 is 1.47 bits per heavy atom. The number of hydrogen-bond donors (Lipinski definition) is 2. The van der Waals surface area contributed by atoms with Crippen molar-refractivity contribution in [3.05, 3.63) is 29.6 Å². The number of rotatable bonds is 3. The molecule has 0 saturated carbocycles. The molecule has 1 aliphatic rings. The zero-order valence-corrected chi connectivity index (χ0v) is 10.4. The fourth-order valence-corrected chi connectivity index (χ4v) is 2.05. The summed E-state index contributed by atoms with van der Waals surface area (Å²) in [7, 11) is 0. The van der Waals surface area contributed by atoms with Gasteiger partial charge in [-0.25, -0.2) is 9.18 Å². The summed E-state index contributed by atoms with van der Waals surface area (Å²) in [6, 6.07) is 3.64. The van der Waals surface area contributed by atoms with Crippen LogP contribution >= 0.6 is 0 Å². The fourth-order valence-electron chi connectivity index (χ4n) is 2.05. The minimum Gasteiger partial charge on any atom is -0.478 e. The van der Waals surface area contributed by atoms with Crippen LogP contribution < -0.4 is 5.32 Å². The van der Waals surface area contributed by atoms with Gasteiger partial charge < -0.3 is 15.2 Å². The van der Waals surface area contributed by atoms with E-state index in [1.807, 2.05) is 6.92 Å². The third-order valence-electron chi connectivity index (χ3n) is 3.06. The highest BCUT2D eigenvalue weighted by Crippen LogP contribution is 2.24. The molecule has 1 amide bonds. The van der Waals surface area contributed by atoms with E-state index in [2.05, 4.69) is 5.32 Å². The average Bonchev–Trinajstić information content (AvgIpc) is 2.78. The summed E-state index contributed by atoms with van der Waals surface area (Å²) in [6.45, 7) is 2.11. The van der Waals surface area contributed by atoms with E-state index in [1.165, 1.54) is 12.1 Å². The van der Waals surface area contributed by atoms with Gasteiger partial charge in [-0.05, 0) is 25.5 Å². The standard InChI is InChI=1S/C13H14FNO4/c1-7-5-8(6-19-7)12(16)15-11-9(13(17)18)3-2-4-10(11)14/h2-4,7-8H,5-6H2,1H3,(H,15,16)(H,17,18). The predicted molar refractivity (Wildman–Crippen MR) is 65.5 cm³/mol. The van der Waals surface area contributed by atoms with Gasteiger partial charge in [0.05, 0.1) is 29.9 Å². The highest BCUT2D eigenvalue weighted by atomic mass is 19.1. The monoisotopic (exact) mass is 267 g/mol. The summed E-state index contributed by atoms with van der Waals surface area (Å²) >= 11 is 0. The molecule has 0 bridgehead atoms. The largest absolute Gasteiger partial charge is 0.478 e. The maximum absolute atomic E-state index is 13.6. The second kappa shape index (κ2) is 5.36. The highest BCUT2D eigenvalue weighted by molar-refractivity contribution is 6.01. The summed E-state index contributed by atoms with van der Waals surface area (Å²) in [5.74, 6) is -2.85. The Bertz CT molecular complexity index is 517. The number of carbonyl (C=O) groups is 2. The molecule has 1 heterocycles. The number of nitrogens with one attached hydrogen (secondary N) is 1. The van der Waals surface area contributed by atoms with Gasteiger partial charge in [-0.1, -0.05) is 6.07 Å². The van der Waals surface area contributed by atoms with Crippen molar-refractivity contribution in [3.63, 3.8) is 0 Å². The number of para-hydroxylation sites is 1. The molecule has 102 valence electrons. The molecular weight excluding hydrogens is 253 g/mol. The van der Waals surface area contributed by atoms with Crippen LogP contribution in [0.4, 0.5) is 10.1 Å². The van der Waals surface area contributed by atoms with E-state index in [-0.39, 0.29) is 29.9 Å². The Morgan fingerprint density at radius 2 is 2.21 bits per heavy atom. The molecule has 19 heavy (non-hydrogen) atoms. The summed E-state index contributed by atoms with van der Waals surface area (Å²) in [5, 5.41) is 11.3. The molecule has 6 heteroatoms. The maximum Gasteiger partial charge on any atom is 0.337 e.